The normalized spacial score (nSPS) is 26.1. The minimum atomic E-state index is -1.07. The standard InChI is InChI=1S/C13H16N2O4/c1-8-13(2,5-6-19-8)15-11(16)10-4-3-9(7-14-10)12(17)18/h3-4,7-8H,5-6H2,1-2H3,(H,15,16)(H,17,18). The third kappa shape index (κ3) is 2.73. The Morgan fingerprint density at radius 2 is 2.26 bits per heavy atom. The summed E-state index contributed by atoms with van der Waals surface area (Å²) < 4.78 is 5.44. The van der Waals surface area contributed by atoms with Crippen LogP contribution in [0.25, 0.3) is 0 Å². The second kappa shape index (κ2) is 4.97. The molecule has 0 aliphatic carbocycles. The minimum absolute atomic E-state index is 0.0559. The van der Waals surface area contributed by atoms with E-state index in [4.69, 9.17) is 9.84 Å². The second-order valence-electron chi connectivity index (χ2n) is 4.87. The fourth-order valence-electron chi connectivity index (χ4n) is 1.98. The number of carbonyl (C=O) groups is 2. The number of hydrogen-bond donors (Lipinski definition) is 2. The number of carboxylic acid groups (broad SMARTS) is 1. The molecular weight excluding hydrogens is 248 g/mol. The van der Waals surface area contributed by atoms with Crippen LogP contribution in [0.2, 0.25) is 0 Å². The van der Waals surface area contributed by atoms with Crippen LogP contribution >= 0.6 is 0 Å². The lowest BCUT2D eigenvalue weighted by Gasteiger charge is -2.28. The van der Waals surface area contributed by atoms with Gasteiger partial charge in [0, 0.05) is 12.8 Å². The number of nitrogens with one attached hydrogen (secondary N) is 1. The summed E-state index contributed by atoms with van der Waals surface area (Å²) in [4.78, 5) is 26.6. The average molecular weight is 264 g/mol. The maximum absolute atomic E-state index is 12.1. The van der Waals surface area contributed by atoms with E-state index in [0.29, 0.717) is 6.61 Å². The first-order valence-corrected chi connectivity index (χ1v) is 6.06. The summed E-state index contributed by atoms with van der Waals surface area (Å²) >= 11 is 0. The van der Waals surface area contributed by atoms with Crippen LogP contribution in [0.3, 0.4) is 0 Å². The first-order valence-electron chi connectivity index (χ1n) is 6.06. The van der Waals surface area contributed by atoms with Gasteiger partial charge in [0.1, 0.15) is 5.69 Å². The number of carboxylic acids is 1. The number of hydrogen-bond acceptors (Lipinski definition) is 4. The first-order chi connectivity index (χ1) is 8.92. The van der Waals surface area contributed by atoms with E-state index in [0.717, 1.165) is 6.42 Å². The fraction of sp³-hybridized carbons (Fsp3) is 0.462. The van der Waals surface area contributed by atoms with Gasteiger partial charge in [-0.25, -0.2) is 4.79 Å². The van der Waals surface area contributed by atoms with E-state index in [-0.39, 0.29) is 23.3 Å². The van der Waals surface area contributed by atoms with E-state index < -0.39 is 11.5 Å². The van der Waals surface area contributed by atoms with Crippen LogP contribution in [0.15, 0.2) is 18.3 Å². The van der Waals surface area contributed by atoms with Gasteiger partial charge in [0.2, 0.25) is 0 Å². The predicted molar refractivity (Wildman–Crippen MR) is 67.1 cm³/mol. The molecule has 1 aliphatic heterocycles. The summed E-state index contributed by atoms with van der Waals surface area (Å²) in [5, 5.41) is 11.7. The van der Waals surface area contributed by atoms with Crippen LogP contribution in [0.1, 0.15) is 41.1 Å². The molecule has 0 saturated carbocycles. The van der Waals surface area contributed by atoms with Gasteiger partial charge in [-0.05, 0) is 32.4 Å². The molecule has 1 fully saturated rings. The monoisotopic (exact) mass is 264 g/mol. The van der Waals surface area contributed by atoms with E-state index >= 15 is 0 Å². The van der Waals surface area contributed by atoms with Crippen LogP contribution in [-0.2, 0) is 4.74 Å². The number of nitrogens with zero attached hydrogens (tertiary/aromatic N) is 1. The smallest absolute Gasteiger partial charge is 0.337 e. The van der Waals surface area contributed by atoms with Gasteiger partial charge >= 0.3 is 5.97 Å². The van der Waals surface area contributed by atoms with Gasteiger partial charge in [-0.15, -0.1) is 0 Å². The van der Waals surface area contributed by atoms with Gasteiger partial charge in [0.05, 0.1) is 17.2 Å². The Hall–Kier alpha value is -1.95. The molecule has 0 bridgehead atoms. The number of carbonyl (C=O) groups excluding carboxylic acids is 1. The molecule has 1 aromatic rings. The Balaban J connectivity index is 2.10. The lowest BCUT2D eigenvalue weighted by molar-refractivity contribution is 0.0693. The lowest BCUT2D eigenvalue weighted by atomic mass is 9.94. The SMILES string of the molecule is CC1OCCC1(C)NC(=O)c1ccc(C(=O)O)cn1. The Morgan fingerprint density at radius 1 is 1.53 bits per heavy atom. The maximum Gasteiger partial charge on any atom is 0.337 e. The topological polar surface area (TPSA) is 88.5 Å². The summed E-state index contributed by atoms with van der Waals surface area (Å²) in [6.07, 6.45) is 1.86. The van der Waals surface area contributed by atoms with Crippen molar-refractivity contribution in [3.63, 3.8) is 0 Å². The van der Waals surface area contributed by atoms with Gasteiger partial charge in [0.15, 0.2) is 0 Å². The number of amides is 1. The molecular formula is C13H16N2O4. The van der Waals surface area contributed by atoms with Crippen molar-refractivity contribution in [2.45, 2.75) is 31.9 Å². The molecule has 2 rings (SSSR count). The van der Waals surface area contributed by atoms with Crippen molar-refractivity contribution in [1.29, 1.82) is 0 Å². The van der Waals surface area contributed by atoms with Crippen molar-refractivity contribution in [3.8, 4) is 0 Å². The highest BCUT2D eigenvalue weighted by Crippen LogP contribution is 2.25. The molecule has 2 unspecified atom stereocenters. The quantitative estimate of drug-likeness (QED) is 0.852. The van der Waals surface area contributed by atoms with Crippen molar-refractivity contribution < 1.29 is 19.4 Å². The number of aromatic nitrogens is 1. The third-order valence-electron chi connectivity index (χ3n) is 3.53. The van der Waals surface area contributed by atoms with Gasteiger partial charge in [-0.2, -0.15) is 0 Å². The zero-order chi connectivity index (χ0) is 14.0. The summed E-state index contributed by atoms with van der Waals surface area (Å²) in [6.45, 7) is 4.45. The Morgan fingerprint density at radius 3 is 2.74 bits per heavy atom. The summed E-state index contributed by atoms with van der Waals surface area (Å²) in [6, 6.07) is 2.77. The van der Waals surface area contributed by atoms with Gasteiger partial charge in [0.25, 0.3) is 5.91 Å². The molecule has 2 N–H and O–H groups in total. The molecule has 0 aromatic carbocycles. The van der Waals surface area contributed by atoms with E-state index in [1.807, 2.05) is 13.8 Å². The average Bonchev–Trinajstić information content (AvgIpc) is 2.69. The van der Waals surface area contributed by atoms with Crippen molar-refractivity contribution in [2.75, 3.05) is 6.61 Å². The fourth-order valence-corrected chi connectivity index (χ4v) is 1.98. The highest BCUT2D eigenvalue weighted by Gasteiger charge is 2.38. The zero-order valence-corrected chi connectivity index (χ0v) is 10.8. The molecule has 1 aliphatic rings. The number of rotatable bonds is 3. The van der Waals surface area contributed by atoms with Crippen LogP contribution < -0.4 is 5.32 Å². The minimum Gasteiger partial charge on any atom is -0.478 e. The van der Waals surface area contributed by atoms with Crippen molar-refractivity contribution in [3.05, 3.63) is 29.6 Å². The second-order valence-corrected chi connectivity index (χ2v) is 4.87. The molecule has 1 aromatic heterocycles. The molecule has 6 heteroatoms. The van der Waals surface area contributed by atoms with Crippen LogP contribution in [0.5, 0.6) is 0 Å². The van der Waals surface area contributed by atoms with E-state index in [1.54, 1.807) is 0 Å². The molecule has 102 valence electrons. The molecule has 19 heavy (non-hydrogen) atoms. The molecule has 1 amide bonds. The molecule has 2 atom stereocenters. The Labute approximate surface area is 110 Å². The van der Waals surface area contributed by atoms with Gasteiger partial charge in [-0.3, -0.25) is 9.78 Å². The van der Waals surface area contributed by atoms with E-state index in [9.17, 15) is 9.59 Å². The largest absolute Gasteiger partial charge is 0.478 e. The number of ether oxygens (including phenoxy) is 1. The van der Waals surface area contributed by atoms with Crippen LogP contribution in [-0.4, -0.2) is 40.2 Å². The zero-order valence-electron chi connectivity index (χ0n) is 10.8. The Bertz CT molecular complexity index is 500. The highest BCUT2D eigenvalue weighted by atomic mass is 16.5. The van der Waals surface area contributed by atoms with E-state index in [2.05, 4.69) is 10.3 Å². The van der Waals surface area contributed by atoms with E-state index in [1.165, 1.54) is 18.3 Å². The van der Waals surface area contributed by atoms with Crippen LogP contribution in [0.4, 0.5) is 0 Å². The van der Waals surface area contributed by atoms with Gasteiger partial charge in [-0.1, -0.05) is 0 Å². The summed E-state index contributed by atoms with van der Waals surface area (Å²) in [5.74, 6) is -1.39. The molecule has 6 nitrogen and oxygen atoms in total. The highest BCUT2D eigenvalue weighted by molar-refractivity contribution is 5.94. The third-order valence-corrected chi connectivity index (χ3v) is 3.53. The number of aromatic carboxylic acids is 1. The van der Waals surface area contributed by atoms with Crippen molar-refractivity contribution in [1.82, 2.24) is 10.3 Å². The Kier molecular flexibility index (Phi) is 3.53. The van der Waals surface area contributed by atoms with Crippen molar-refractivity contribution >= 4 is 11.9 Å². The summed E-state index contributed by atoms with van der Waals surface area (Å²) in [5.41, 5.74) is -0.157. The predicted octanol–water partition coefficient (Wildman–Crippen LogP) is 1.08. The summed E-state index contributed by atoms with van der Waals surface area (Å²) in [7, 11) is 0. The molecule has 0 radical (unpaired) electrons. The molecule has 1 saturated heterocycles. The van der Waals surface area contributed by atoms with Crippen LogP contribution in [0, 0.1) is 0 Å². The first kappa shape index (κ1) is 13.5. The number of pyridine rings is 1. The molecule has 0 spiro atoms. The van der Waals surface area contributed by atoms with Gasteiger partial charge < -0.3 is 15.2 Å². The maximum atomic E-state index is 12.1. The lowest BCUT2D eigenvalue weighted by Crippen LogP contribution is -2.50. The van der Waals surface area contributed by atoms with Crippen molar-refractivity contribution in [2.24, 2.45) is 0 Å². The molecule has 2 heterocycles.